The van der Waals surface area contributed by atoms with Gasteiger partial charge in [0.05, 0.1) is 16.1 Å². The Hall–Kier alpha value is -2.19. The number of nitriles is 1. The molecular weight excluding hydrogens is 339 g/mol. The van der Waals surface area contributed by atoms with Crippen LogP contribution in [0.25, 0.3) is 0 Å². The Balaban J connectivity index is 2.41. The molecule has 0 aliphatic heterocycles. The largest absolute Gasteiger partial charge is 0.456 e. The Bertz CT molecular complexity index is 801. The number of hydrogen-bond acceptors (Lipinski definition) is 2. The third kappa shape index (κ3) is 4.01. The predicted molar refractivity (Wildman–Crippen MR) is 86.4 cm³/mol. The standard InChI is InChI=1S/C18H15ClF3NO/c1-17(2,3)12-4-7-16(11(8-12)10-23)24-13-5-6-15(19)14(9-13)18(20,21)22/h4-9H,1-3H3. The maximum Gasteiger partial charge on any atom is 0.417 e. The van der Waals surface area contributed by atoms with Crippen LogP contribution in [0.2, 0.25) is 5.02 Å². The molecule has 0 heterocycles. The second-order valence-electron chi connectivity index (χ2n) is 6.31. The van der Waals surface area contributed by atoms with Crippen molar-refractivity contribution in [3.05, 3.63) is 58.1 Å². The van der Waals surface area contributed by atoms with E-state index < -0.39 is 16.8 Å². The number of rotatable bonds is 2. The van der Waals surface area contributed by atoms with Crippen LogP contribution >= 0.6 is 11.6 Å². The lowest BCUT2D eigenvalue weighted by Gasteiger charge is -2.20. The van der Waals surface area contributed by atoms with E-state index in [4.69, 9.17) is 16.3 Å². The van der Waals surface area contributed by atoms with Gasteiger partial charge in [0, 0.05) is 0 Å². The second-order valence-corrected chi connectivity index (χ2v) is 6.72. The molecule has 126 valence electrons. The fraction of sp³-hybridized carbons (Fsp3) is 0.278. The molecule has 2 nitrogen and oxygen atoms in total. The molecule has 0 atom stereocenters. The summed E-state index contributed by atoms with van der Waals surface area (Å²) in [5, 5.41) is 8.88. The highest BCUT2D eigenvalue weighted by atomic mass is 35.5. The van der Waals surface area contributed by atoms with Gasteiger partial charge in [-0.3, -0.25) is 0 Å². The normalized spacial score (nSPS) is 11.9. The maximum absolute atomic E-state index is 12.9. The monoisotopic (exact) mass is 353 g/mol. The highest BCUT2D eigenvalue weighted by Gasteiger charge is 2.33. The molecule has 0 fully saturated rings. The molecule has 0 amide bonds. The van der Waals surface area contributed by atoms with Crippen molar-refractivity contribution in [2.45, 2.75) is 32.4 Å². The van der Waals surface area contributed by atoms with Crippen LogP contribution in [-0.4, -0.2) is 0 Å². The van der Waals surface area contributed by atoms with Crippen LogP contribution in [0.4, 0.5) is 13.2 Å². The number of ether oxygens (including phenoxy) is 1. The Morgan fingerprint density at radius 1 is 1.04 bits per heavy atom. The van der Waals surface area contributed by atoms with E-state index in [9.17, 15) is 18.4 Å². The van der Waals surface area contributed by atoms with Crippen LogP contribution in [-0.2, 0) is 11.6 Å². The molecule has 0 aliphatic carbocycles. The summed E-state index contributed by atoms with van der Waals surface area (Å²) >= 11 is 5.59. The van der Waals surface area contributed by atoms with Crippen molar-refractivity contribution in [2.24, 2.45) is 0 Å². The lowest BCUT2D eigenvalue weighted by Crippen LogP contribution is -2.11. The van der Waals surface area contributed by atoms with Gasteiger partial charge in [0.2, 0.25) is 0 Å². The van der Waals surface area contributed by atoms with Crippen molar-refractivity contribution in [3.8, 4) is 17.6 Å². The molecule has 2 aromatic carbocycles. The van der Waals surface area contributed by atoms with Gasteiger partial charge in [0.1, 0.15) is 17.6 Å². The van der Waals surface area contributed by atoms with E-state index in [1.165, 1.54) is 6.07 Å². The van der Waals surface area contributed by atoms with Crippen molar-refractivity contribution >= 4 is 11.6 Å². The first-order chi connectivity index (χ1) is 11.0. The first kappa shape index (κ1) is 18.2. The first-order valence-electron chi connectivity index (χ1n) is 7.11. The second kappa shape index (κ2) is 6.37. The van der Waals surface area contributed by atoms with Crippen LogP contribution in [0.5, 0.6) is 11.5 Å². The molecule has 0 bridgehead atoms. The minimum absolute atomic E-state index is 0.0354. The zero-order valence-corrected chi connectivity index (χ0v) is 14.1. The lowest BCUT2D eigenvalue weighted by atomic mass is 9.86. The summed E-state index contributed by atoms with van der Waals surface area (Å²) in [5.74, 6) is 0.160. The van der Waals surface area contributed by atoms with Crippen LogP contribution in [0.1, 0.15) is 37.5 Å². The molecule has 0 aromatic heterocycles. The van der Waals surface area contributed by atoms with Gasteiger partial charge in [-0.15, -0.1) is 0 Å². The molecule has 0 saturated heterocycles. The van der Waals surface area contributed by atoms with E-state index in [-0.39, 0.29) is 22.5 Å². The van der Waals surface area contributed by atoms with E-state index in [1.807, 2.05) is 26.8 Å². The maximum atomic E-state index is 12.9. The van der Waals surface area contributed by atoms with Gasteiger partial charge in [-0.2, -0.15) is 18.4 Å². The van der Waals surface area contributed by atoms with Gasteiger partial charge < -0.3 is 4.74 Å². The number of benzene rings is 2. The number of hydrogen-bond donors (Lipinski definition) is 0. The van der Waals surface area contributed by atoms with Crippen LogP contribution in [0, 0.1) is 11.3 Å². The van der Waals surface area contributed by atoms with Crippen molar-refractivity contribution in [1.82, 2.24) is 0 Å². The van der Waals surface area contributed by atoms with Crippen molar-refractivity contribution in [2.75, 3.05) is 0 Å². The van der Waals surface area contributed by atoms with Gasteiger partial charge in [-0.1, -0.05) is 38.4 Å². The molecule has 2 aromatic rings. The average Bonchev–Trinajstić information content (AvgIpc) is 2.47. The average molecular weight is 354 g/mol. The molecule has 0 aliphatic rings. The fourth-order valence-electron chi connectivity index (χ4n) is 2.08. The van der Waals surface area contributed by atoms with Crippen LogP contribution in [0.15, 0.2) is 36.4 Å². The van der Waals surface area contributed by atoms with E-state index >= 15 is 0 Å². The molecule has 0 unspecified atom stereocenters. The number of halogens is 4. The fourth-order valence-corrected chi connectivity index (χ4v) is 2.31. The molecule has 24 heavy (non-hydrogen) atoms. The summed E-state index contributed by atoms with van der Waals surface area (Å²) in [7, 11) is 0. The quantitative estimate of drug-likeness (QED) is 0.632. The molecule has 0 radical (unpaired) electrons. The minimum Gasteiger partial charge on any atom is -0.456 e. The lowest BCUT2D eigenvalue weighted by molar-refractivity contribution is -0.137. The molecule has 0 N–H and O–H groups in total. The van der Waals surface area contributed by atoms with Crippen molar-refractivity contribution < 1.29 is 17.9 Å². The Kier molecular flexibility index (Phi) is 4.82. The van der Waals surface area contributed by atoms with Gasteiger partial charge in [-0.25, -0.2) is 0 Å². The number of alkyl halides is 3. The third-order valence-corrected chi connectivity index (χ3v) is 3.77. The van der Waals surface area contributed by atoms with Gasteiger partial charge in [0.15, 0.2) is 0 Å². The summed E-state index contributed by atoms with van der Waals surface area (Å²) in [6, 6.07) is 10.3. The summed E-state index contributed by atoms with van der Waals surface area (Å²) in [6.07, 6.45) is -4.58. The molecule has 0 spiro atoms. The van der Waals surface area contributed by atoms with Crippen LogP contribution in [0.3, 0.4) is 0 Å². The van der Waals surface area contributed by atoms with Crippen molar-refractivity contribution in [1.29, 1.82) is 5.26 Å². The number of nitrogens with zero attached hydrogens (tertiary/aromatic N) is 1. The highest BCUT2D eigenvalue weighted by molar-refractivity contribution is 6.31. The predicted octanol–water partition coefficient (Wildman–Crippen LogP) is 6.32. The van der Waals surface area contributed by atoms with Crippen molar-refractivity contribution in [3.63, 3.8) is 0 Å². The Morgan fingerprint density at radius 2 is 1.71 bits per heavy atom. The molecule has 6 heteroatoms. The molecular formula is C18H15ClF3NO. The summed E-state index contributed by atoms with van der Waals surface area (Å²) in [5.41, 5.74) is 0.0457. The SMILES string of the molecule is CC(C)(C)c1ccc(Oc2ccc(Cl)c(C(F)(F)F)c2)c(C#N)c1. The Morgan fingerprint density at radius 3 is 2.25 bits per heavy atom. The summed E-state index contributed by atoms with van der Waals surface area (Å²) in [6.45, 7) is 6.00. The van der Waals surface area contributed by atoms with E-state index in [2.05, 4.69) is 0 Å². The summed E-state index contributed by atoms with van der Waals surface area (Å²) < 4.78 is 44.2. The highest BCUT2D eigenvalue weighted by Crippen LogP contribution is 2.38. The first-order valence-corrected chi connectivity index (χ1v) is 7.49. The van der Waals surface area contributed by atoms with Gasteiger partial charge >= 0.3 is 6.18 Å². The molecule has 2 rings (SSSR count). The molecule has 0 saturated carbocycles. The topological polar surface area (TPSA) is 33.0 Å². The van der Waals surface area contributed by atoms with Crippen LogP contribution < -0.4 is 4.74 Å². The van der Waals surface area contributed by atoms with E-state index in [1.54, 1.807) is 18.2 Å². The van der Waals surface area contributed by atoms with Gasteiger partial charge in [0.25, 0.3) is 0 Å². The zero-order valence-electron chi connectivity index (χ0n) is 13.3. The van der Waals surface area contributed by atoms with E-state index in [0.29, 0.717) is 0 Å². The van der Waals surface area contributed by atoms with Gasteiger partial charge in [-0.05, 0) is 41.3 Å². The zero-order chi connectivity index (χ0) is 18.1. The Labute approximate surface area is 143 Å². The smallest absolute Gasteiger partial charge is 0.417 e. The third-order valence-electron chi connectivity index (χ3n) is 3.44. The summed E-state index contributed by atoms with van der Waals surface area (Å²) in [4.78, 5) is 0. The van der Waals surface area contributed by atoms with E-state index in [0.717, 1.165) is 17.7 Å². The minimum atomic E-state index is -4.58.